The van der Waals surface area contributed by atoms with Crippen molar-refractivity contribution in [3.63, 3.8) is 0 Å². The number of rotatable bonds is 8. The van der Waals surface area contributed by atoms with Gasteiger partial charge in [-0.15, -0.1) is 0 Å². The van der Waals surface area contributed by atoms with Crippen LogP contribution in [0, 0.1) is 0 Å². The molecule has 0 bridgehead atoms. The van der Waals surface area contributed by atoms with Crippen LogP contribution in [0.25, 0.3) is 23.3 Å². The molecule has 4 atom stereocenters. The van der Waals surface area contributed by atoms with E-state index in [0.29, 0.717) is 23.7 Å². The van der Waals surface area contributed by atoms with Gasteiger partial charge in [-0.1, -0.05) is 66.7 Å². The zero-order chi connectivity index (χ0) is 25.1. The third-order valence-corrected chi connectivity index (χ3v) is 6.18. The fourth-order valence-electron chi connectivity index (χ4n) is 4.18. The molecule has 0 aliphatic carbocycles. The maximum absolute atomic E-state index is 10.4. The number of hydrogen-bond acceptors (Lipinski definition) is 9. The van der Waals surface area contributed by atoms with Gasteiger partial charge in [0.05, 0.1) is 12.9 Å². The van der Waals surface area contributed by atoms with Gasteiger partial charge in [-0.3, -0.25) is 4.57 Å². The summed E-state index contributed by atoms with van der Waals surface area (Å²) in [5.41, 5.74) is 10.2. The topological polar surface area (TPSA) is 152 Å². The van der Waals surface area contributed by atoms with Crippen LogP contribution in [0.2, 0.25) is 0 Å². The van der Waals surface area contributed by atoms with Crippen molar-refractivity contribution in [1.29, 1.82) is 0 Å². The smallest absolute Gasteiger partial charge is 0.226 e. The molecule has 6 N–H and O–H groups in total. The number of aliphatic hydroxyl groups excluding tert-OH is 3. The Morgan fingerprint density at radius 1 is 0.972 bits per heavy atom. The van der Waals surface area contributed by atoms with Gasteiger partial charge in [-0.25, -0.2) is 4.98 Å². The Labute approximate surface area is 207 Å². The number of anilines is 2. The maximum Gasteiger partial charge on any atom is 0.226 e. The number of benzene rings is 2. The minimum atomic E-state index is -1.25. The predicted molar refractivity (Wildman–Crippen MR) is 137 cm³/mol. The summed E-state index contributed by atoms with van der Waals surface area (Å²) in [6.45, 7) is 0.154. The van der Waals surface area contributed by atoms with Crippen LogP contribution in [0.5, 0.6) is 0 Å². The molecule has 1 aliphatic rings. The standard InChI is InChI=1S/C26H28N6O4/c27-23-20-24(32(15-29-20)25-22(35)21(34)19(14-33)36-25)31-26(30-23)28-13-12-18-10-8-17(9-11-18)7-6-16-4-2-1-3-5-16/h1-11,15,19,21-22,25,33-35H,12-14H2,(H3,27,28,30,31)/t19-,21-,22-,25-/m1/s1. The van der Waals surface area contributed by atoms with E-state index < -0.39 is 31.1 Å². The molecule has 3 heterocycles. The molecule has 36 heavy (non-hydrogen) atoms. The van der Waals surface area contributed by atoms with E-state index in [1.54, 1.807) is 0 Å². The molecule has 0 radical (unpaired) electrons. The van der Waals surface area contributed by atoms with Gasteiger partial charge in [-0.2, -0.15) is 9.97 Å². The van der Waals surface area contributed by atoms with Gasteiger partial charge in [0.15, 0.2) is 17.7 Å². The Morgan fingerprint density at radius 3 is 2.39 bits per heavy atom. The SMILES string of the molecule is Nc1nc(NCCc2ccc(C=Cc3ccccc3)cc2)nc2c1ncn2[C@@H]1O[C@H](CO)[C@@H](O)[C@H]1O. The third kappa shape index (κ3) is 4.93. The first-order valence-corrected chi connectivity index (χ1v) is 11.7. The van der Waals surface area contributed by atoms with E-state index in [9.17, 15) is 15.3 Å². The monoisotopic (exact) mass is 488 g/mol. The lowest BCUT2D eigenvalue weighted by molar-refractivity contribution is -0.0511. The van der Waals surface area contributed by atoms with E-state index >= 15 is 0 Å². The summed E-state index contributed by atoms with van der Waals surface area (Å²) in [6, 6.07) is 18.5. The molecule has 1 fully saturated rings. The van der Waals surface area contributed by atoms with E-state index in [-0.39, 0.29) is 5.82 Å². The van der Waals surface area contributed by atoms with Crippen molar-refractivity contribution >= 4 is 35.1 Å². The zero-order valence-corrected chi connectivity index (χ0v) is 19.5. The van der Waals surface area contributed by atoms with E-state index in [1.807, 2.05) is 18.2 Å². The maximum atomic E-state index is 10.4. The van der Waals surface area contributed by atoms with Crippen LogP contribution in [0.1, 0.15) is 22.9 Å². The summed E-state index contributed by atoms with van der Waals surface area (Å²) >= 11 is 0. The highest BCUT2D eigenvalue weighted by Crippen LogP contribution is 2.32. The number of hydrogen-bond donors (Lipinski definition) is 5. The number of aromatic nitrogens is 4. The molecule has 10 nitrogen and oxygen atoms in total. The lowest BCUT2D eigenvalue weighted by Crippen LogP contribution is -2.33. The molecule has 0 saturated carbocycles. The number of imidazole rings is 1. The summed E-state index contributed by atoms with van der Waals surface area (Å²) in [7, 11) is 0. The van der Waals surface area contributed by atoms with Gasteiger partial charge in [0.1, 0.15) is 23.8 Å². The summed E-state index contributed by atoms with van der Waals surface area (Å²) in [6.07, 6.45) is 2.00. The van der Waals surface area contributed by atoms with Crippen LogP contribution in [-0.4, -0.2) is 66.3 Å². The minimum Gasteiger partial charge on any atom is -0.394 e. The Bertz CT molecular complexity index is 1340. The molecule has 0 unspecified atom stereocenters. The molecule has 0 amide bonds. The third-order valence-electron chi connectivity index (χ3n) is 6.18. The Kier molecular flexibility index (Phi) is 6.92. The molecule has 186 valence electrons. The van der Waals surface area contributed by atoms with E-state index in [2.05, 4.69) is 68.8 Å². The fourth-order valence-corrected chi connectivity index (χ4v) is 4.18. The fraction of sp³-hybridized carbons (Fsp3) is 0.269. The van der Waals surface area contributed by atoms with Crippen LogP contribution >= 0.6 is 0 Å². The molecular formula is C26H28N6O4. The highest BCUT2D eigenvalue weighted by molar-refractivity contribution is 5.83. The second kappa shape index (κ2) is 10.4. The molecule has 2 aromatic carbocycles. The summed E-state index contributed by atoms with van der Waals surface area (Å²) in [4.78, 5) is 13.0. The first kappa shape index (κ1) is 23.9. The van der Waals surface area contributed by atoms with Gasteiger partial charge in [0, 0.05) is 6.54 Å². The van der Waals surface area contributed by atoms with Crippen LogP contribution in [0.15, 0.2) is 60.9 Å². The van der Waals surface area contributed by atoms with Gasteiger partial charge in [0.2, 0.25) is 5.95 Å². The quantitative estimate of drug-likeness (QED) is 0.234. The van der Waals surface area contributed by atoms with Crippen LogP contribution in [0.4, 0.5) is 11.8 Å². The number of nitrogens with zero attached hydrogens (tertiary/aromatic N) is 4. The van der Waals surface area contributed by atoms with Crippen LogP contribution in [0.3, 0.4) is 0 Å². The Hall–Kier alpha value is -3.83. The zero-order valence-electron chi connectivity index (χ0n) is 19.5. The molecule has 1 saturated heterocycles. The van der Waals surface area contributed by atoms with E-state index in [1.165, 1.54) is 10.9 Å². The summed E-state index contributed by atoms with van der Waals surface area (Å²) < 4.78 is 7.09. The average molecular weight is 489 g/mol. The van der Waals surface area contributed by atoms with Gasteiger partial charge in [0.25, 0.3) is 0 Å². The summed E-state index contributed by atoms with van der Waals surface area (Å²) in [5.74, 6) is 0.499. The highest BCUT2D eigenvalue weighted by atomic mass is 16.6. The van der Waals surface area contributed by atoms with Crippen LogP contribution in [-0.2, 0) is 11.2 Å². The number of ether oxygens (including phenoxy) is 1. The minimum absolute atomic E-state index is 0.183. The molecule has 10 heteroatoms. The largest absolute Gasteiger partial charge is 0.394 e. The summed E-state index contributed by atoms with van der Waals surface area (Å²) in [5, 5.41) is 33.0. The number of nitrogens with one attached hydrogen (secondary N) is 1. The van der Waals surface area contributed by atoms with E-state index in [4.69, 9.17) is 10.5 Å². The highest BCUT2D eigenvalue weighted by Gasteiger charge is 2.44. The molecule has 2 aromatic heterocycles. The number of fused-ring (bicyclic) bond motifs is 1. The lowest BCUT2D eigenvalue weighted by Gasteiger charge is -2.16. The number of aliphatic hydroxyl groups is 3. The normalized spacial score (nSPS) is 22.0. The first-order chi connectivity index (χ1) is 17.5. The van der Waals surface area contributed by atoms with Crippen molar-refractivity contribution in [3.05, 3.63) is 77.6 Å². The van der Waals surface area contributed by atoms with Crippen molar-refractivity contribution in [2.75, 3.05) is 24.2 Å². The lowest BCUT2D eigenvalue weighted by atomic mass is 10.1. The van der Waals surface area contributed by atoms with Crippen molar-refractivity contribution < 1.29 is 20.1 Å². The van der Waals surface area contributed by atoms with Gasteiger partial charge < -0.3 is 31.1 Å². The molecule has 4 aromatic rings. The Morgan fingerprint density at radius 2 is 1.69 bits per heavy atom. The van der Waals surface area contributed by atoms with Crippen molar-refractivity contribution in [2.24, 2.45) is 0 Å². The second-order valence-electron chi connectivity index (χ2n) is 8.65. The van der Waals surface area contributed by atoms with Crippen molar-refractivity contribution in [1.82, 2.24) is 19.5 Å². The predicted octanol–water partition coefficient (Wildman–Crippen LogP) is 1.85. The first-order valence-electron chi connectivity index (χ1n) is 11.7. The van der Waals surface area contributed by atoms with Gasteiger partial charge >= 0.3 is 0 Å². The average Bonchev–Trinajstić information content (AvgIpc) is 3.45. The molecule has 0 spiro atoms. The number of nitrogen functional groups attached to an aromatic ring is 1. The van der Waals surface area contributed by atoms with Crippen LogP contribution < -0.4 is 11.1 Å². The van der Waals surface area contributed by atoms with Crippen molar-refractivity contribution in [3.8, 4) is 0 Å². The molecule has 1 aliphatic heterocycles. The second-order valence-corrected chi connectivity index (χ2v) is 8.65. The Balaban J connectivity index is 1.24. The van der Waals surface area contributed by atoms with Gasteiger partial charge in [-0.05, 0) is 23.1 Å². The molecule has 5 rings (SSSR count). The van der Waals surface area contributed by atoms with E-state index in [0.717, 1.165) is 23.1 Å². The molecular weight excluding hydrogens is 460 g/mol. The number of nitrogens with two attached hydrogens (primary N) is 1. The van der Waals surface area contributed by atoms with Crippen molar-refractivity contribution in [2.45, 2.75) is 31.0 Å².